The number of thiophene rings is 1. The molecule has 1 N–H and O–H groups in total. The van der Waals surface area contributed by atoms with Crippen LogP contribution in [0, 0.1) is 0 Å². The fourth-order valence-electron chi connectivity index (χ4n) is 3.91. The third-order valence-corrected chi connectivity index (χ3v) is 7.03. The summed E-state index contributed by atoms with van der Waals surface area (Å²) in [6.07, 6.45) is 3.65. The van der Waals surface area contributed by atoms with Crippen LogP contribution in [0.1, 0.15) is 0 Å². The van der Waals surface area contributed by atoms with Crippen molar-refractivity contribution in [1.82, 2.24) is 19.5 Å². The van der Waals surface area contributed by atoms with Crippen molar-refractivity contribution in [3.8, 4) is 38.8 Å². The van der Waals surface area contributed by atoms with Crippen LogP contribution in [0.15, 0.2) is 61.1 Å². The van der Waals surface area contributed by atoms with Crippen LogP contribution < -0.4 is 10.1 Å². The summed E-state index contributed by atoms with van der Waals surface area (Å²) in [5, 5.41) is 5.07. The summed E-state index contributed by atoms with van der Waals surface area (Å²) >= 11 is 8.26. The molecule has 0 aliphatic carbocycles. The Balaban J connectivity index is 1.80. The molecule has 2 aromatic carbocycles. The molecule has 7 nitrogen and oxygen atoms in total. The molecule has 0 aliphatic rings. The highest BCUT2D eigenvalue weighted by molar-refractivity contribution is 7.22. The largest absolute Gasteiger partial charge is 0.497 e. The van der Waals surface area contributed by atoms with Gasteiger partial charge in [0, 0.05) is 47.9 Å². The Hall–Kier alpha value is -3.46. The van der Waals surface area contributed by atoms with Crippen molar-refractivity contribution in [1.29, 1.82) is 0 Å². The standard InChI is InChI=1S/C26H24ClN5O2S/c1-32-14-20(29-15-32)24-30-25(28-12-13-33-2)22-21(16-8-10-17(34-3)11-9-16)23(35-26(22)31-24)18-6-4-5-7-19(18)27/h4-11,14-15H,12-13H2,1-3H3,(H,28,30,31). The predicted octanol–water partition coefficient (Wildman–Crippen LogP) is 6.15. The number of imidazole rings is 1. The number of benzene rings is 2. The zero-order valence-corrected chi connectivity index (χ0v) is 21.2. The van der Waals surface area contributed by atoms with Crippen molar-refractivity contribution in [3.63, 3.8) is 0 Å². The fourth-order valence-corrected chi connectivity index (χ4v) is 5.43. The van der Waals surface area contributed by atoms with Gasteiger partial charge in [-0.05, 0) is 23.8 Å². The van der Waals surface area contributed by atoms with E-state index in [9.17, 15) is 0 Å². The van der Waals surface area contributed by atoms with Gasteiger partial charge in [0.15, 0.2) is 5.82 Å². The molecule has 178 valence electrons. The molecule has 9 heteroatoms. The molecule has 0 amide bonds. The molecule has 0 bridgehead atoms. The number of ether oxygens (including phenoxy) is 2. The van der Waals surface area contributed by atoms with Gasteiger partial charge in [0.1, 0.15) is 22.1 Å². The maximum Gasteiger partial charge on any atom is 0.183 e. The molecular formula is C26H24ClN5O2S. The minimum atomic E-state index is 0.545. The quantitative estimate of drug-likeness (QED) is 0.255. The van der Waals surface area contributed by atoms with Crippen molar-refractivity contribution in [2.24, 2.45) is 7.05 Å². The molecule has 5 aromatic rings. The first-order valence-electron chi connectivity index (χ1n) is 11.0. The van der Waals surface area contributed by atoms with E-state index in [0.717, 1.165) is 43.4 Å². The van der Waals surface area contributed by atoms with Gasteiger partial charge in [0.05, 0.1) is 25.4 Å². The lowest BCUT2D eigenvalue weighted by Gasteiger charge is -2.12. The van der Waals surface area contributed by atoms with Gasteiger partial charge in [-0.25, -0.2) is 15.0 Å². The van der Waals surface area contributed by atoms with E-state index >= 15 is 0 Å². The van der Waals surface area contributed by atoms with Crippen molar-refractivity contribution < 1.29 is 9.47 Å². The number of hydrogen-bond acceptors (Lipinski definition) is 7. The van der Waals surface area contributed by atoms with Crippen LogP contribution in [-0.4, -0.2) is 46.9 Å². The summed E-state index contributed by atoms with van der Waals surface area (Å²) in [5.74, 6) is 2.08. The molecule has 3 heterocycles. The number of aromatic nitrogens is 4. The highest BCUT2D eigenvalue weighted by Crippen LogP contribution is 2.48. The summed E-state index contributed by atoms with van der Waals surface area (Å²) in [6.45, 7) is 1.15. The van der Waals surface area contributed by atoms with Crippen LogP contribution in [0.2, 0.25) is 5.02 Å². The van der Waals surface area contributed by atoms with Crippen molar-refractivity contribution in [2.75, 3.05) is 32.7 Å². The topological polar surface area (TPSA) is 74.1 Å². The normalized spacial score (nSPS) is 11.2. The van der Waals surface area contributed by atoms with E-state index in [-0.39, 0.29) is 0 Å². The molecular weight excluding hydrogens is 482 g/mol. The van der Waals surface area contributed by atoms with Gasteiger partial charge >= 0.3 is 0 Å². The van der Waals surface area contributed by atoms with Gasteiger partial charge in [0.2, 0.25) is 0 Å². The minimum absolute atomic E-state index is 0.545. The maximum absolute atomic E-state index is 6.67. The predicted molar refractivity (Wildman–Crippen MR) is 142 cm³/mol. The van der Waals surface area contributed by atoms with E-state index in [1.165, 1.54) is 0 Å². The number of aryl methyl sites for hydroxylation is 1. The van der Waals surface area contributed by atoms with Crippen molar-refractivity contribution in [3.05, 3.63) is 66.1 Å². The van der Waals surface area contributed by atoms with Crippen molar-refractivity contribution in [2.45, 2.75) is 0 Å². The van der Waals surface area contributed by atoms with E-state index in [2.05, 4.69) is 10.3 Å². The molecule has 0 atom stereocenters. The first-order chi connectivity index (χ1) is 17.1. The minimum Gasteiger partial charge on any atom is -0.497 e. The van der Waals surface area contributed by atoms with Gasteiger partial charge in [-0.15, -0.1) is 11.3 Å². The van der Waals surface area contributed by atoms with E-state index in [1.54, 1.807) is 31.9 Å². The Morgan fingerprint density at radius 2 is 1.86 bits per heavy atom. The highest BCUT2D eigenvalue weighted by atomic mass is 35.5. The van der Waals surface area contributed by atoms with Crippen LogP contribution in [0.5, 0.6) is 5.75 Å². The van der Waals surface area contributed by atoms with Crippen molar-refractivity contribution >= 4 is 39.0 Å². The third-order valence-electron chi connectivity index (χ3n) is 5.58. The Morgan fingerprint density at radius 3 is 2.54 bits per heavy atom. The second-order valence-electron chi connectivity index (χ2n) is 7.93. The molecule has 3 aromatic heterocycles. The maximum atomic E-state index is 6.67. The van der Waals surface area contributed by atoms with Crippen LogP contribution in [0.4, 0.5) is 5.82 Å². The number of fused-ring (bicyclic) bond motifs is 1. The second-order valence-corrected chi connectivity index (χ2v) is 9.34. The Bertz CT molecular complexity index is 1480. The Labute approximate surface area is 212 Å². The molecule has 0 spiro atoms. The molecule has 0 unspecified atom stereocenters. The van der Waals surface area contributed by atoms with Crippen LogP contribution in [-0.2, 0) is 11.8 Å². The number of nitrogens with one attached hydrogen (secondary N) is 1. The molecule has 0 saturated carbocycles. The van der Waals surface area contributed by atoms with E-state index < -0.39 is 0 Å². The number of halogens is 1. The zero-order valence-electron chi connectivity index (χ0n) is 19.6. The molecule has 0 fully saturated rings. The molecule has 0 aliphatic heterocycles. The molecule has 0 radical (unpaired) electrons. The second kappa shape index (κ2) is 10.0. The first-order valence-corrected chi connectivity index (χ1v) is 12.2. The van der Waals surface area contributed by atoms with Gasteiger partial charge in [0.25, 0.3) is 0 Å². The first kappa shape index (κ1) is 23.3. The Morgan fingerprint density at radius 1 is 1.06 bits per heavy atom. The summed E-state index contributed by atoms with van der Waals surface area (Å²) in [7, 11) is 5.27. The van der Waals surface area contributed by atoms with Crippen LogP contribution >= 0.6 is 22.9 Å². The summed E-state index contributed by atoms with van der Waals surface area (Å²) in [6, 6.07) is 15.9. The highest BCUT2D eigenvalue weighted by Gasteiger charge is 2.23. The molecule has 5 rings (SSSR count). The Kier molecular flexibility index (Phi) is 6.68. The number of hydrogen-bond donors (Lipinski definition) is 1. The van der Waals surface area contributed by atoms with Gasteiger partial charge in [-0.1, -0.05) is 41.9 Å². The molecule has 0 saturated heterocycles. The van der Waals surface area contributed by atoms with E-state index in [0.29, 0.717) is 29.7 Å². The number of nitrogens with zero attached hydrogens (tertiary/aromatic N) is 4. The lowest BCUT2D eigenvalue weighted by molar-refractivity contribution is 0.210. The summed E-state index contributed by atoms with van der Waals surface area (Å²) in [4.78, 5) is 16.2. The number of anilines is 1. The lowest BCUT2D eigenvalue weighted by atomic mass is 9.99. The SMILES string of the molecule is COCCNc1nc(-c2cn(C)cn2)nc2sc(-c3ccccc3Cl)c(-c3ccc(OC)cc3)c12. The number of methoxy groups -OCH3 is 2. The third kappa shape index (κ3) is 4.60. The summed E-state index contributed by atoms with van der Waals surface area (Å²) in [5.41, 5.74) is 3.71. The van der Waals surface area contributed by atoms with Gasteiger partial charge in [-0.2, -0.15) is 0 Å². The summed E-state index contributed by atoms with van der Waals surface area (Å²) < 4.78 is 12.5. The van der Waals surface area contributed by atoms with Gasteiger partial charge < -0.3 is 19.4 Å². The smallest absolute Gasteiger partial charge is 0.183 e. The molecule has 35 heavy (non-hydrogen) atoms. The monoisotopic (exact) mass is 505 g/mol. The lowest BCUT2D eigenvalue weighted by Crippen LogP contribution is -2.10. The zero-order chi connectivity index (χ0) is 24.4. The van der Waals surface area contributed by atoms with Gasteiger partial charge in [-0.3, -0.25) is 0 Å². The van der Waals surface area contributed by atoms with Crippen LogP contribution in [0.3, 0.4) is 0 Å². The average molecular weight is 506 g/mol. The number of rotatable bonds is 8. The van der Waals surface area contributed by atoms with E-state index in [1.807, 2.05) is 66.3 Å². The average Bonchev–Trinajstić information content (AvgIpc) is 3.48. The van der Waals surface area contributed by atoms with E-state index in [4.69, 9.17) is 31.0 Å². The van der Waals surface area contributed by atoms with Crippen LogP contribution in [0.25, 0.3) is 43.3 Å². The fraction of sp³-hybridized carbons (Fsp3) is 0.192.